The molecule has 1 aliphatic carbocycles. The van der Waals surface area contributed by atoms with Crippen LogP contribution in [0.25, 0.3) is 0 Å². The average Bonchev–Trinajstić information content (AvgIpc) is 2.28. The van der Waals surface area contributed by atoms with Crippen LogP contribution in [0.15, 0.2) is 0 Å². The summed E-state index contributed by atoms with van der Waals surface area (Å²) in [5, 5.41) is 8.92. The largest absolute Gasteiger partial charge is 0.465 e. The van der Waals surface area contributed by atoms with Crippen LogP contribution in [-0.2, 0) is 0 Å². The Bertz CT molecular complexity index is 236. The number of nitrogens with zero attached hydrogens (tertiary/aromatic N) is 2. The van der Waals surface area contributed by atoms with Crippen molar-refractivity contribution in [2.75, 3.05) is 27.7 Å². The Kier molecular flexibility index (Phi) is 5.75. The fraction of sp³-hybridized carbons (Fsp3) is 0.923. The summed E-state index contributed by atoms with van der Waals surface area (Å²) < 4.78 is 0. The first-order valence-corrected chi connectivity index (χ1v) is 6.61. The smallest absolute Gasteiger partial charge is 0.407 e. The Morgan fingerprint density at radius 1 is 1.18 bits per heavy atom. The van der Waals surface area contributed by atoms with Gasteiger partial charge in [-0.25, -0.2) is 4.79 Å². The minimum atomic E-state index is -0.791. The molecule has 1 N–H and O–H groups in total. The molecular weight excluding hydrogens is 216 g/mol. The molecule has 0 atom stereocenters. The maximum Gasteiger partial charge on any atom is 0.407 e. The van der Waals surface area contributed by atoms with E-state index in [0.717, 1.165) is 25.3 Å². The van der Waals surface area contributed by atoms with Crippen molar-refractivity contribution >= 4 is 6.09 Å². The standard InChI is InChI=1S/C13H26N2O2/c1-14(2)10-4-5-11-6-8-12(9-7-11)15(3)13(16)17/h11-12H,4-10H2,1-3H3,(H,16,17). The molecule has 4 heteroatoms. The van der Waals surface area contributed by atoms with Crippen LogP contribution in [0.2, 0.25) is 0 Å². The Morgan fingerprint density at radius 3 is 2.24 bits per heavy atom. The van der Waals surface area contributed by atoms with Crippen LogP contribution in [0.5, 0.6) is 0 Å². The summed E-state index contributed by atoms with van der Waals surface area (Å²) in [4.78, 5) is 14.6. The normalized spacial score (nSPS) is 24.9. The van der Waals surface area contributed by atoms with Gasteiger partial charge in [0.05, 0.1) is 0 Å². The van der Waals surface area contributed by atoms with Gasteiger partial charge in [-0.2, -0.15) is 0 Å². The first-order chi connectivity index (χ1) is 8.00. The third-order valence-corrected chi connectivity index (χ3v) is 3.88. The molecule has 0 spiro atoms. The summed E-state index contributed by atoms with van der Waals surface area (Å²) in [6.45, 7) is 1.16. The van der Waals surface area contributed by atoms with E-state index >= 15 is 0 Å². The quantitative estimate of drug-likeness (QED) is 0.805. The van der Waals surface area contributed by atoms with Gasteiger partial charge >= 0.3 is 6.09 Å². The van der Waals surface area contributed by atoms with Gasteiger partial charge in [-0.3, -0.25) is 0 Å². The second-order valence-corrected chi connectivity index (χ2v) is 5.51. The molecule has 1 rings (SSSR count). The second-order valence-electron chi connectivity index (χ2n) is 5.51. The molecule has 0 radical (unpaired) electrons. The van der Waals surface area contributed by atoms with Gasteiger partial charge in [-0.05, 0) is 65.1 Å². The highest BCUT2D eigenvalue weighted by atomic mass is 16.4. The van der Waals surface area contributed by atoms with Gasteiger partial charge in [0.15, 0.2) is 0 Å². The lowest BCUT2D eigenvalue weighted by atomic mass is 9.83. The van der Waals surface area contributed by atoms with Crippen LogP contribution in [0, 0.1) is 5.92 Å². The van der Waals surface area contributed by atoms with E-state index in [1.165, 1.54) is 30.6 Å². The van der Waals surface area contributed by atoms with Crippen molar-refractivity contribution < 1.29 is 9.90 Å². The molecule has 0 aromatic heterocycles. The molecule has 1 aliphatic rings. The van der Waals surface area contributed by atoms with E-state index in [1.54, 1.807) is 7.05 Å². The predicted octanol–water partition coefficient (Wildman–Crippen LogP) is 2.50. The van der Waals surface area contributed by atoms with Gasteiger partial charge in [0, 0.05) is 13.1 Å². The van der Waals surface area contributed by atoms with Gasteiger partial charge in [-0.1, -0.05) is 0 Å². The SMILES string of the molecule is CN(C)CCCC1CCC(N(C)C(=O)O)CC1. The molecule has 1 saturated carbocycles. The molecular formula is C13H26N2O2. The van der Waals surface area contributed by atoms with Crippen molar-refractivity contribution in [3.05, 3.63) is 0 Å². The average molecular weight is 242 g/mol. The highest BCUT2D eigenvalue weighted by molar-refractivity contribution is 5.64. The van der Waals surface area contributed by atoms with E-state index in [4.69, 9.17) is 5.11 Å². The third-order valence-electron chi connectivity index (χ3n) is 3.88. The highest BCUT2D eigenvalue weighted by Gasteiger charge is 2.25. The van der Waals surface area contributed by atoms with Crippen LogP contribution in [0.1, 0.15) is 38.5 Å². The summed E-state index contributed by atoms with van der Waals surface area (Å²) >= 11 is 0. The summed E-state index contributed by atoms with van der Waals surface area (Å²) in [6, 6.07) is 0.248. The van der Waals surface area contributed by atoms with Crippen molar-refractivity contribution in [1.29, 1.82) is 0 Å². The summed E-state index contributed by atoms with van der Waals surface area (Å²) in [5.41, 5.74) is 0. The van der Waals surface area contributed by atoms with Crippen LogP contribution in [-0.4, -0.2) is 54.7 Å². The van der Waals surface area contributed by atoms with Crippen molar-refractivity contribution in [2.45, 2.75) is 44.6 Å². The molecule has 0 saturated heterocycles. The third kappa shape index (κ3) is 4.94. The number of rotatable bonds is 5. The van der Waals surface area contributed by atoms with Gasteiger partial charge in [-0.15, -0.1) is 0 Å². The Morgan fingerprint density at radius 2 is 1.76 bits per heavy atom. The Labute approximate surface area is 105 Å². The molecule has 100 valence electrons. The molecule has 17 heavy (non-hydrogen) atoms. The van der Waals surface area contributed by atoms with E-state index in [0.29, 0.717) is 0 Å². The first kappa shape index (κ1) is 14.3. The number of hydrogen-bond donors (Lipinski definition) is 1. The fourth-order valence-corrected chi connectivity index (χ4v) is 2.67. The van der Waals surface area contributed by atoms with E-state index in [9.17, 15) is 4.79 Å². The second kappa shape index (κ2) is 6.84. The Balaban J connectivity index is 2.19. The van der Waals surface area contributed by atoms with Crippen molar-refractivity contribution in [2.24, 2.45) is 5.92 Å². The van der Waals surface area contributed by atoms with Crippen LogP contribution in [0.4, 0.5) is 4.79 Å². The van der Waals surface area contributed by atoms with Crippen molar-refractivity contribution in [3.63, 3.8) is 0 Å². The molecule has 0 aromatic rings. The van der Waals surface area contributed by atoms with Crippen LogP contribution < -0.4 is 0 Å². The van der Waals surface area contributed by atoms with E-state index in [2.05, 4.69) is 19.0 Å². The van der Waals surface area contributed by atoms with E-state index in [1.807, 2.05) is 0 Å². The minimum Gasteiger partial charge on any atom is -0.465 e. The van der Waals surface area contributed by atoms with Gasteiger partial charge < -0.3 is 14.9 Å². The predicted molar refractivity (Wildman–Crippen MR) is 69.3 cm³/mol. The molecule has 4 nitrogen and oxygen atoms in total. The maximum atomic E-state index is 10.8. The first-order valence-electron chi connectivity index (χ1n) is 6.61. The summed E-state index contributed by atoms with van der Waals surface area (Å²) in [5.74, 6) is 0.813. The maximum absolute atomic E-state index is 10.8. The van der Waals surface area contributed by atoms with Crippen molar-refractivity contribution in [1.82, 2.24) is 9.80 Å². The van der Waals surface area contributed by atoms with Gasteiger partial charge in [0.2, 0.25) is 0 Å². The lowest BCUT2D eigenvalue weighted by Crippen LogP contribution is -2.38. The molecule has 1 amide bonds. The molecule has 0 aromatic carbocycles. The summed E-state index contributed by atoms with van der Waals surface area (Å²) in [7, 11) is 5.91. The highest BCUT2D eigenvalue weighted by Crippen LogP contribution is 2.30. The molecule has 1 fully saturated rings. The fourth-order valence-electron chi connectivity index (χ4n) is 2.67. The molecule has 0 aliphatic heterocycles. The topological polar surface area (TPSA) is 43.8 Å². The lowest BCUT2D eigenvalue weighted by Gasteiger charge is -2.33. The number of amides is 1. The zero-order valence-electron chi connectivity index (χ0n) is 11.4. The molecule has 0 heterocycles. The number of carbonyl (C=O) groups is 1. The Hall–Kier alpha value is -0.770. The lowest BCUT2D eigenvalue weighted by molar-refractivity contribution is 0.117. The van der Waals surface area contributed by atoms with Crippen LogP contribution in [0.3, 0.4) is 0 Å². The van der Waals surface area contributed by atoms with Gasteiger partial charge in [0.1, 0.15) is 0 Å². The zero-order valence-corrected chi connectivity index (χ0v) is 11.4. The minimum absolute atomic E-state index is 0.248. The summed E-state index contributed by atoms with van der Waals surface area (Å²) in [6.07, 6.45) is 6.22. The monoisotopic (exact) mass is 242 g/mol. The number of hydrogen-bond acceptors (Lipinski definition) is 2. The number of carboxylic acid groups (broad SMARTS) is 1. The van der Waals surface area contributed by atoms with Crippen LogP contribution >= 0.6 is 0 Å². The molecule has 0 unspecified atom stereocenters. The van der Waals surface area contributed by atoms with E-state index in [-0.39, 0.29) is 6.04 Å². The molecule has 0 bridgehead atoms. The van der Waals surface area contributed by atoms with E-state index < -0.39 is 6.09 Å². The van der Waals surface area contributed by atoms with Crippen molar-refractivity contribution in [3.8, 4) is 0 Å². The van der Waals surface area contributed by atoms with Gasteiger partial charge in [0.25, 0.3) is 0 Å². The zero-order chi connectivity index (χ0) is 12.8.